The topological polar surface area (TPSA) is 12.0 Å². The number of benzene rings is 1. The number of rotatable bonds is 7. The summed E-state index contributed by atoms with van der Waals surface area (Å²) < 4.78 is 0. The summed E-state index contributed by atoms with van der Waals surface area (Å²) in [6.45, 7) is 3.39. The molecule has 1 aromatic rings. The molecule has 1 aliphatic rings. The summed E-state index contributed by atoms with van der Waals surface area (Å²) in [5.74, 6) is 3.36. The summed E-state index contributed by atoms with van der Waals surface area (Å²) in [5.41, 5.74) is 2.71. The third-order valence-electron chi connectivity index (χ3n) is 2.86. The maximum absolute atomic E-state index is 3.49. The number of thioether (sulfide) groups is 1. The summed E-state index contributed by atoms with van der Waals surface area (Å²) in [6, 6.07) is 8.92. The highest BCUT2D eigenvalue weighted by Gasteiger charge is 2.20. The lowest BCUT2D eigenvalue weighted by Gasteiger charge is -2.06. The first kappa shape index (κ1) is 11.8. The van der Waals surface area contributed by atoms with Crippen LogP contribution in [0.15, 0.2) is 24.3 Å². The van der Waals surface area contributed by atoms with E-state index in [2.05, 4.69) is 36.5 Å². The van der Waals surface area contributed by atoms with Gasteiger partial charge in [-0.15, -0.1) is 0 Å². The molecule has 1 N–H and O–H groups in total. The summed E-state index contributed by atoms with van der Waals surface area (Å²) in [4.78, 5) is 0. The van der Waals surface area contributed by atoms with E-state index in [1.165, 1.54) is 36.3 Å². The Hall–Kier alpha value is -0.630. The van der Waals surface area contributed by atoms with Crippen LogP contribution in [-0.4, -0.2) is 12.3 Å². The zero-order valence-corrected chi connectivity index (χ0v) is 10.9. The van der Waals surface area contributed by atoms with Crippen molar-refractivity contribution in [3.63, 3.8) is 0 Å². The summed E-state index contributed by atoms with van der Waals surface area (Å²) in [5, 5.41) is 3.49. The zero-order valence-electron chi connectivity index (χ0n) is 10.0. The van der Waals surface area contributed by atoms with Crippen molar-refractivity contribution < 1.29 is 0 Å². The first-order valence-corrected chi connectivity index (χ1v) is 7.44. The SMILES string of the molecule is CCCSCc1ccc(NCC2CC2)cc1. The molecule has 2 heteroatoms. The molecule has 0 atom stereocenters. The summed E-state index contributed by atoms with van der Waals surface area (Å²) in [6.07, 6.45) is 4.10. The average molecular weight is 235 g/mol. The molecule has 0 radical (unpaired) electrons. The number of hydrogen-bond donors (Lipinski definition) is 1. The van der Waals surface area contributed by atoms with Gasteiger partial charge in [0.05, 0.1) is 0 Å². The fraction of sp³-hybridized carbons (Fsp3) is 0.571. The molecule has 1 nitrogen and oxygen atoms in total. The molecule has 16 heavy (non-hydrogen) atoms. The van der Waals surface area contributed by atoms with Crippen LogP contribution >= 0.6 is 11.8 Å². The van der Waals surface area contributed by atoms with Crippen molar-refractivity contribution >= 4 is 17.4 Å². The minimum absolute atomic E-state index is 0.944. The van der Waals surface area contributed by atoms with Gasteiger partial charge in [0.2, 0.25) is 0 Å². The van der Waals surface area contributed by atoms with Gasteiger partial charge >= 0.3 is 0 Å². The second-order valence-corrected chi connectivity index (χ2v) is 5.68. The van der Waals surface area contributed by atoms with Gasteiger partial charge in [-0.05, 0) is 48.6 Å². The minimum Gasteiger partial charge on any atom is -0.385 e. The van der Waals surface area contributed by atoms with E-state index in [9.17, 15) is 0 Å². The smallest absolute Gasteiger partial charge is 0.0340 e. The highest BCUT2D eigenvalue weighted by Crippen LogP contribution is 2.29. The number of nitrogens with one attached hydrogen (secondary N) is 1. The van der Waals surface area contributed by atoms with Crippen LogP contribution in [0.3, 0.4) is 0 Å². The first-order valence-electron chi connectivity index (χ1n) is 6.29. The van der Waals surface area contributed by atoms with Crippen molar-refractivity contribution in [1.29, 1.82) is 0 Å². The Kier molecular flexibility index (Phi) is 4.58. The van der Waals surface area contributed by atoms with Gasteiger partial charge in [0.1, 0.15) is 0 Å². The van der Waals surface area contributed by atoms with E-state index in [1.54, 1.807) is 0 Å². The molecule has 0 saturated heterocycles. The largest absolute Gasteiger partial charge is 0.385 e. The Labute approximate surface area is 103 Å². The quantitative estimate of drug-likeness (QED) is 0.712. The van der Waals surface area contributed by atoms with Crippen LogP contribution in [0, 0.1) is 5.92 Å². The average Bonchev–Trinajstić information content (AvgIpc) is 3.12. The molecular weight excluding hydrogens is 214 g/mol. The summed E-state index contributed by atoms with van der Waals surface area (Å²) >= 11 is 2.02. The Morgan fingerprint density at radius 2 is 2.00 bits per heavy atom. The summed E-state index contributed by atoms with van der Waals surface area (Å²) in [7, 11) is 0. The van der Waals surface area contributed by atoms with Gasteiger partial charge in [-0.25, -0.2) is 0 Å². The van der Waals surface area contributed by atoms with Crippen molar-refractivity contribution in [2.75, 3.05) is 17.6 Å². The maximum atomic E-state index is 3.49. The standard InChI is InChI=1S/C14H21NS/c1-2-9-16-11-13-5-7-14(8-6-13)15-10-12-3-4-12/h5-8,12,15H,2-4,9-11H2,1H3. The molecule has 0 aromatic heterocycles. The molecule has 0 unspecified atom stereocenters. The third-order valence-corrected chi connectivity index (χ3v) is 4.10. The Morgan fingerprint density at radius 3 is 2.62 bits per heavy atom. The van der Waals surface area contributed by atoms with Gasteiger partial charge < -0.3 is 5.32 Å². The Balaban J connectivity index is 1.74. The van der Waals surface area contributed by atoms with Crippen molar-refractivity contribution in [2.45, 2.75) is 31.9 Å². The molecule has 1 aromatic carbocycles. The highest BCUT2D eigenvalue weighted by atomic mass is 32.2. The lowest BCUT2D eigenvalue weighted by molar-refractivity contribution is 0.889. The second-order valence-electron chi connectivity index (χ2n) is 4.57. The van der Waals surface area contributed by atoms with Crippen LogP contribution in [0.25, 0.3) is 0 Å². The van der Waals surface area contributed by atoms with Gasteiger partial charge in [0.25, 0.3) is 0 Å². The molecule has 0 amide bonds. The van der Waals surface area contributed by atoms with Crippen LogP contribution in [0.1, 0.15) is 31.7 Å². The molecule has 0 heterocycles. The van der Waals surface area contributed by atoms with Crippen LogP contribution in [0.4, 0.5) is 5.69 Å². The fourth-order valence-electron chi connectivity index (χ4n) is 1.64. The number of hydrogen-bond acceptors (Lipinski definition) is 2. The van der Waals surface area contributed by atoms with E-state index in [4.69, 9.17) is 0 Å². The van der Waals surface area contributed by atoms with Crippen LogP contribution in [-0.2, 0) is 5.75 Å². The van der Waals surface area contributed by atoms with Gasteiger partial charge in [0, 0.05) is 18.0 Å². The predicted molar refractivity (Wildman–Crippen MR) is 74.1 cm³/mol. The Bertz CT molecular complexity index is 303. The predicted octanol–water partition coefficient (Wildman–Crippen LogP) is 4.15. The number of anilines is 1. The van der Waals surface area contributed by atoms with E-state index in [0.29, 0.717) is 0 Å². The van der Waals surface area contributed by atoms with Gasteiger partial charge in [-0.3, -0.25) is 0 Å². The molecule has 0 bridgehead atoms. The van der Waals surface area contributed by atoms with Gasteiger partial charge in [0.15, 0.2) is 0 Å². The van der Waals surface area contributed by atoms with Crippen molar-refractivity contribution in [2.24, 2.45) is 5.92 Å². The molecule has 0 aliphatic heterocycles. The second kappa shape index (κ2) is 6.19. The van der Waals surface area contributed by atoms with E-state index in [-0.39, 0.29) is 0 Å². The monoisotopic (exact) mass is 235 g/mol. The van der Waals surface area contributed by atoms with Crippen molar-refractivity contribution in [3.8, 4) is 0 Å². The van der Waals surface area contributed by atoms with E-state index in [0.717, 1.165) is 18.2 Å². The third kappa shape index (κ3) is 4.09. The lowest BCUT2D eigenvalue weighted by Crippen LogP contribution is -2.02. The molecular formula is C14H21NS. The van der Waals surface area contributed by atoms with Crippen LogP contribution < -0.4 is 5.32 Å². The zero-order chi connectivity index (χ0) is 11.2. The molecule has 0 spiro atoms. The normalized spacial score (nSPS) is 15.1. The van der Waals surface area contributed by atoms with E-state index < -0.39 is 0 Å². The molecule has 1 aliphatic carbocycles. The van der Waals surface area contributed by atoms with E-state index >= 15 is 0 Å². The van der Waals surface area contributed by atoms with Crippen molar-refractivity contribution in [1.82, 2.24) is 0 Å². The van der Waals surface area contributed by atoms with Crippen LogP contribution in [0.2, 0.25) is 0 Å². The fourth-order valence-corrected chi connectivity index (χ4v) is 2.50. The van der Waals surface area contributed by atoms with Crippen LogP contribution in [0.5, 0.6) is 0 Å². The Morgan fingerprint density at radius 1 is 1.25 bits per heavy atom. The van der Waals surface area contributed by atoms with E-state index in [1.807, 2.05) is 11.8 Å². The molecule has 88 valence electrons. The molecule has 2 rings (SSSR count). The van der Waals surface area contributed by atoms with Crippen molar-refractivity contribution in [3.05, 3.63) is 29.8 Å². The van der Waals surface area contributed by atoms with Gasteiger partial charge in [-0.1, -0.05) is 19.1 Å². The maximum Gasteiger partial charge on any atom is 0.0340 e. The molecule has 1 fully saturated rings. The first-order chi connectivity index (χ1) is 7.88. The molecule has 1 saturated carbocycles. The minimum atomic E-state index is 0.944. The lowest BCUT2D eigenvalue weighted by atomic mass is 10.2. The van der Waals surface area contributed by atoms with Gasteiger partial charge in [-0.2, -0.15) is 11.8 Å². The highest BCUT2D eigenvalue weighted by molar-refractivity contribution is 7.98.